The van der Waals surface area contributed by atoms with Gasteiger partial charge in [-0.05, 0) is 50.2 Å². The number of carbonyl (C=O) groups is 3. The quantitative estimate of drug-likeness (QED) is 0.596. The second kappa shape index (κ2) is 9.56. The first-order valence-electron chi connectivity index (χ1n) is 9.52. The largest absolute Gasteiger partial charge is 0.459 e. The van der Waals surface area contributed by atoms with Gasteiger partial charge in [0.15, 0.2) is 11.9 Å². The van der Waals surface area contributed by atoms with Crippen molar-refractivity contribution in [2.75, 3.05) is 16.8 Å². The summed E-state index contributed by atoms with van der Waals surface area (Å²) >= 11 is 0. The highest BCUT2D eigenvalue weighted by Crippen LogP contribution is 2.20. The summed E-state index contributed by atoms with van der Waals surface area (Å²) in [5.74, 6) is -1.43. The highest BCUT2D eigenvalue weighted by Gasteiger charge is 2.26. The molecule has 7 nitrogen and oxygen atoms in total. The molecule has 7 heteroatoms. The van der Waals surface area contributed by atoms with Gasteiger partial charge in [0, 0.05) is 12.2 Å². The van der Waals surface area contributed by atoms with Crippen LogP contribution in [0.4, 0.5) is 11.4 Å². The van der Waals surface area contributed by atoms with Crippen molar-refractivity contribution < 1.29 is 23.5 Å². The number of carbonyl (C=O) groups excluding carboxylic acids is 3. The van der Waals surface area contributed by atoms with Gasteiger partial charge in [0.2, 0.25) is 0 Å². The fourth-order valence-electron chi connectivity index (χ4n) is 2.93. The third-order valence-electron chi connectivity index (χ3n) is 4.42. The van der Waals surface area contributed by atoms with E-state index < -0.39 is 18.0 Å². The Morgan fingerprint density at radius 2 is 1.70 bits per heavy atom. The van der Waals surface area contributed by atoms with Gasteiger partial charge in [-0.25, -0.2) is 4.79 Å². The standard InChI is InChI=1S/C23H22N2O5/c1-3-25(17-10-5-4-6-11-17)22(27)16(2)30-23(28)18-12-7-8-13-19(18)24-21(26)20-14-9-15-29-20/h4-16H,3H2,1-2H3,(H,24,26)/t16-/m1/s1. The van der Waals surface area contributed by atoms with Crippen molar-refractivity contribution in [1.82, 2.24) is 0 Å². The van der Waals surface area contributed by atoms with Crippen LogP contribution in [0.3, 0.4) is 0 Å². The number of hydrogen-bond acceptors (Lipinski definition) is 5. The minimum atomic E-state index is -1.01. The maximum Gasteiger partial charge on any atom is 0.341 e. The van der Waals surface area contributed by atoms with E-state index in [0.717, 1.165) is 5.69 Å². The molecule has 0 spiro atoms. The first-order chi connectivity index (χ1) is 14.5. The molecular weight excluding hydrogens is 384 g/mol. The lowest BCUT2D eigenvalue weighted by Crippen LogP contribution is -2.40. The number of nitrogens with zero attached hydrogens (tertiary/aromatic N) is 1. The number of hydrogen-bond donors (Lipinski definition) is 1. The van der Waals surface area contributed by atoms with Gasteiger partial charge < -0.3 is 19.4 Å². The maximum atomic E-state index is 12.8. The van der Waals surface area contributed by atoms with Gasteiger partial charge in [0.1, 0.15) is 0 Å². The average molecular weight is 406 g/mol. The molecule has 154 valence electrons. The van der Waals surface area contributed by atoms with Gasteiger partial charge in [0.05, 0.1) is 17.5 Å². The fourth-order valence-corrected chi connectivity index (χ4v) is 2.93. The molecule has 0 fully saturated rings. The van der Waals surface area contributed by atoms with Crippen molar-refractivity contribution in [3.63, 3.8) is 0 Å². The summed E-state index contributed by atoms with van der Waals surface area (Å²) < 4.78 is 10.5. The van der Waals surface area contributed by atoms with E-state index in [-0.39, 0.29) is 22.9 Å². The number of likely N-dealkylation sites (N-methyl/N-ethyl adjacent to an activating group) is 1. The number of nitrogens with one attached hydrogen (secondary N) is 1. The molecule has 0 radical (unpaired) electrons. The molecule has 0 saturated carbocycles. The van der Waals surface area contributed by atoms with Crippen LogP contribution in [0.25, 0.3) is 0 Å². The average Bonchev–Trinajstić information content (AvgIpc) is 3.30. The highest BCUT2D eigenvalue weighted by atomic mass is 16.5. The Hall–Kier alpha value is -3.87. The lowest BCUT2D eigenvalue weighted by atomic mass is 10.1. The first-order valence-corrected chi connectivity index (χ1v) is 9.52. The predicted octanol–water partition coefficient (Wildman–Crippen LogP) is 4.13. The van der Waals surface area contributed by atoms with Crippen LogP contribution < -0.4 is 10.2 Å². The SMILES string of the molecule is CCN(C(=O)[C@@H](C)OC(=O)c1ccccc1NC(=O)c1ccco1)c1ccccc1. The normalized spacial score (nSPS) is 11.4. The molecular formula is C23H22N2O5. The van der Waals surface area contributed by atoms with Gasteiger partial charge in [-0.2, -0.15) is 0 Å². The Labute approximate surface area is 174 Å². The van der Waals surface area contributed by atoms with Crippen molar-refractivity contribution in [1.29, 1.82) is 0 Å². The molecule has 0 saturated heterocycles. The van der Waals surface area contributed by atoms with Gasteiger partial charge >= 0.3 is 5.97 Å². The highest BCUT2D eigenvalue weighted by molar-refractivity contribution is 6.07. The summed E-state index contributed by atoms with van der Waals surface area (Å²) in [6, 6.07) is 18.7. The smallest absolute Gasteiger partial charge is 0.341 e. The zero-order valence-electron chi connectivity index (χ0n) is 16.7. The summed E-state index contributed by atoms with van der Waals surface area (Å²) in [7, 11) is 0. The molecule has 1 N–H and O–H groups in total. The van der Waals surface area contributed by atoms with Crippen molar-refractivity contribution in [3.8, 4) is 0 Å². The second-order valence-electron chi connectivity index (χ2n) is 6.44. The summed E-state index contributed by atoms with van der Waals surface area (Å²) in [6.45, 7) is 3.80. The number of furan rings is 1. The van der Waals surface area contributed by atoms with Gasteiger partial charge in [0.25, 0.3) is 11.8 Å². The van der Waals surface area contributed by atoms with Gasteiger partial charge in [-0.1, -0.05) is 30.3 Å². The number of amides is 2. The van der Waals surface area contributed by atoms with E-state index in [1.807, 2.05) is 37.3 Å². The number of rotatable bonds is 7. The summed E-state index contributed by atoms with van der Waals surface area (Å²) in [5.41, 5.74) is 1.12. The Kier molecular flexibility index (Phi) is 6.64. The van der Waals surface area contributed by atoms with Crippen LogP contribution in [0.2, 0.25) is 0 Å². The third-order valence-corrected chi connectivity index (χ3v) is 4.42. The van der Waals surface area contributed by atoms with Crippen molar-refractivity contribution >= 4 is 29.2 Å². The van der Waals surface area contributed by atoms with E-state index in [2.05, 4.69) is 5.32 Å². The number of para-hydroxylation sites is 2. The number of anilines is 2. The molecule has 30 heavy (non-hydrogen) atoms. The van der Waals surface area contributed by atoms with E-state index in [4.69, 9.17) is 9.15 Å². The lowest BCUT2D eigenvalue weighted by Gasteiger charge is -2.24. The Morgan fingerprint density at radius 3 is 2.37 bits per heavy atom. The molecule has 3 aromatic rings. The zero-order chi connectivity index (χ0) is 21.5. The molecule has 1 aromatic heterocycles. The molecule has 3 rings (SSSR count). The monoisotopic (exact) mass is 406 g/mol. The van der Waals surface area contributed by atoms with Crippen LogP contribution >= 0.6 is 0 Å². The van der Waals surface area contributed by atoms with Crippen LogP contribution in [0, 0.1) is 0 Å². The molecule has 0 bridgehead atoms. The summed E-state index contributed by atoms with van der Waals surface area (Å²) in [5, 5.41) is 2.63. The number of ether oxygens (including phenoxy) is 1. The maximum absolute atomic E-state index is 12.8. The number of esters is 1. The molecule has 1 atom stereocenters. The Balaban J connectivity index is 1.72. The van der Waals surface area contributed by atoms with E-state index >= 15 is 0 Å². The number of benzene rings is 2. The van der Waals surface area contributed by atoms with E-state index in [1.165, 1.54) is 25.3 Å². The Bertz CT molecular complexity index is 1020. The van der Waals surface area contributed by atoms with E-state index in [0.29, 0.717) is 6.54 Å². The predicted molar refractivity (Wildman–Crippen MR) is 112 cm³/mol. The molecule has 0 aliphatic rings. The third kappa shape index (κ3) is 4.75. The van der Waals surface area contributed by atoms with E-state index in [1.54, 1.807) is 29.2 Å². The molecule has 0 unspecified atom stereocenters. The summed E-state index contributed by atoms with van der Waals surface area (Å²) in [6.07, 6.45) is 0.376. The van der Waals surface area contributed by atoms with Gasteiger partial charge in [-0.3, -0.25) is 9.59 Å². The summed E-state index contributed by atoms with van der Waals surface area (Å²) in [4.78, 5) is 39.3. The van der Waals surface area contributed by atoms with Crippen molar-refractivity contribution in [3.05, 3.63) is 84.3 Å². The van der Waals surface area contributed by atoms with Crippen LogP contribution in [-0.2, 0) is 9.53 Å². The van der Waals surface area contributed by atoms with Crippen LogP contribution in [-0.4, -0.2) is 30.4 Å². The van der Waals surface area contributed by atoms with Crippen molar-refractivity contribution in [2.45, 2.75) is 20.0 Å². The molecule has 0 aliphatic heterocycles. The lowest BCUT2D eigenvalue weighted by molar-refractivity contribution is -0.126. The van der Waals surface area contributed by atoms with Crippen LogP contribution in [0.1, 0.15) is 34.8 Å². The molecule has 0 aliphatic carbocycles. The fraction of sp³-hybridized carbons (Fsp3) is 0.174. The first kappa shape index (κ1) is 20.9. The van der Waals surface area contributed by atoms with Crippen molar-refractivity contribution in [2.24, 2.45) is 0 Å². The minimum absolute atomic E-state index is 0.114. The Morgan fingerprint density at radius 1 is 1.00 bits per heavy atom. The molecule has 2 amide bonds. The minimum Gasteiger partial charge on any atom is -0.459 e. The molecule has 1 heterocycles. The topological polar surface area (TPSA) is 88.9 Å². The van der Waals surface area contributed by atoms with Crippen LogP contribution in [0.5, 0.6) is 0 Å². The zero-order valence-corrected chi connectivity index (χ0v) is 16.7. The van der Waals surface area contributed by atoms with E-state index in [9.17, 15) is 14.4 Å². The molecule has 2 aromatic carbocycles. The van der Waals surface area contributed by atoms with Crippen LogP contribution in [0.15, 0.2) is 77.4 Å². The van der Waals surface area contributed by atoms with Gasteiger partial charge in [-0.15, -0.1) is 0 Å². The second-order valence-corrected chi connectivity index (χ2v) is 6.44.